The van der Waals surface area contributed by atoms with Gasteiger partial charge in [-0.05, 0) is 45.0 Å². The predicted octanol–water partition coefficient (Wildman–Crippen LogP) is 1.98. The molecule has 2 aliphatic rings. The van der Waals surface area contributed by atoms with Gasteiger partial charge in [0, 0.05) is 38.5 Å². The summed E-state index contributed by atoms with van der Waals surface area (Å²) in [5.74, 6) is 0. The lowest BCUT2D eigenvalue weighted by Crippen LogP contribution is -2.45. The summed E-state index contributed by atoms with van der Waals surface area (Å²) in [7, 11) is 2.16. The number of rotatable bonds is 4. The van der Waals surface area contributed by atoms with Crippen LogP contribution in [0, 0.1) is 0 Å². The van der Waals surface area contributed by atoms with Gasteiger partial charge in [-0.1, -0.05) is 12.1 Å². The molecule has 0 saturated carbocycles. The molecular weight excluding hydrogens is 316 g/mol. The standard InChI is InChI=1S/C19H30N4O2/c1-14(20-19(24)21-18-8-13-25-15(18)2)16-4-6-17(7-5-16)23-11-9-22(3)10-12-23/h4-7,14-15,18H,8-13H2,1-3H3,(H2,20,21,24)/t14-,15+,18+/m0/s1. The number of nitrogens with zero attached hydrogens (tertiary/aromatic N) is 2. The first-order valence-electron chi connectivity index (χ1n) is 9.25. The predicted molar refractivity (Wildman–Crippen MR) is 100 cm³/mol. The van der Waals surface area contributed by atoms with E-state index >= 15 is 0 Å². The van der Waals surface area contributed by atoms with E-state index in [1.807, 2.05) is 13.8 Å². The smallest absolute Gasteiger partial charge is 0.315 e. The van der Waals surface area contributed by atoms with Gasteiger partial charge < -0.3 is 25.2 Å². The van der Waals surface area contributed by atoms with E-state index in [0.29, 0.717) is 0 Å². The van der Waals surface area contributed by atoms with E-state index in [1.54, 1.807) is 0 Å². The fourth-order valence-electron chi connectivity index (χ4n) is 3.45. The molecule has 2 aliphatic heterocycles. The third-order valence-corrected chi connectivity index (χ3v) is 5.30. The van der Waals surface area contributed by atoms with E-state index in [1.165, 1.54) is 5.69 Å². The summed E-state index contributed by atoms with van der Waals surface area (Å²) in [6.07, 6.45) is 0.965. The quantitative estimate of drug-likeness (QED) is 0.875. The van der Waals surface area contributed by atoms with Crippen molar-refractivity contribution in [3.8, 4) is 0 Å². The summed E-state index contributed by atoms with van der Waals surface area (Å²) in [6, 6.07) is 8.48. The highest BCUT2D eigenvalue weighted by atomic mass is 16.5. The zero-order chi connectivity index (χ0) is 17.8. The lowest BCUT2D eigenvalue weighted by atomic mass is 10.1. The summed E-state index contributed by atoms with van der Waals surface area (Å²) in [6.45, 7) is 9.06. The largest absolute Gasteiger partial charge is 0.376 e. The van der Waals surface area contributed by atoms with Crippen molar-refractivity contribution in [2.45, 2.75) is 38.5 Å². The van der Waals surface area contributed by atoms with Crippen LogP contribution >= 0.6 is 0 Å². The highest BCUT2D eigenvalue weighted by Gasteiger charge is 2.26. The average Bonchev–Trinajstić information content (AvgIpc) is 3.00. The Hall–Kier alpha value is -1.79. The van der Waals surface area contributed by atoms with Gasteiger partial charge in [0.2, 0.25) is 0 Å². The molecule has 2 fully saturated rings. The lowest BCUT2D eigenvalue weighted by molar-refractivity contribution is 0.114. The SMILES string of the molecule is C[C@H](NC(=O)N[C@@H]1CCO[C@@H]1C)c1ccc(N2CCN(C)CC2)cc1. The molecule has 2 amide bonds. The van der Waals surface area contributed by atoms with E-state index < -0.39 is 0 Å². The van der Waals surface area contributed by atoms with Gasteiger partial charge >= 0.3 is 6.03 Å². The molecule has 138 valence electrons. The Balaban J connectivity index is 1.51. The van der Waals surface area contributed by atoms with Crippen LogP contribution in [0.4, 0.5) is 10.5 Å². The molecular formula is C19H30N4O2. The Kier molecular flexibility index (Phi) is 5.81. The highest BCUT2D eigenvalue weighted by Crippen LogP contribution is 2.20. The van der Waals surface area contributed by atoms with Crippen molar-refractivity contribution in [1.82, 2.24) is 15.5 Å². The molecule has 2 heterocycles. The van der Waals surface area contributed by atoms with Crippen LogP contribution in [0.2, 0.25) is 0 Å². The zero-order valence-electron chi connectivity index (χ0n) is 15.5. The number of piperazine rings is 1. The maximum atomic E-state index is 12.2. The molecule has 1 aromatic carbocycles. The summed E-state index contributed by atoms with van der Waals surface area (Å²) < 4.78 is 5.48. The molecule has 6 nitrogen and oxygen atoms in total. The second kappa shape index (κ2) is 8.06. The second-order valence-electron chi connectivity index (χ2n) is 7.19. The number of carbonyl (C=O) groups is 1. The molecule has 0 aliphatic carbocycles. The Morgan fingerprint density at radius 2 is 1.88 bits per heavy atom. The van der Waals surface area contributed by atoms with Crippen molar-refractivity contribution in [2.24, 2.45) is 0 Å². The van der Waals surface area contributed by atoms with E-state index in [9.17, 15) is 4.79 Å². The number of hydrogen-bond acceptors (Lipinski definition) is 4. The summed E-state index contributed by atoms with van der Waals surface area (Å²) in [4.78, 5) is 16.9. The Morgan fingerprint density at radius 1 is 1.20 bits per heavy atom. The van der Waals surface area contributed by atoms with Crippen LogP contribution in [0.15, 0.2) is 24.3 Å². The van der Waals surface area contributed by atoms with Gasteiger partial charge in [-0.25, -0.2) is 4.79 Å². The molecule has 2 saturated heterocycles. The first-order chi connectivity index (χ1) is 12.0. The number of ether oxygens (including phenoxy) is 1. The first kappa shape index (κ1) is 18.0. The van der Waals surface area contributed by atoms with Gasteiger partial charge in [0.25, 0.3) is 0 Å². The molecule has 2 N–H and O–H groups in total. The number of urea groups is 1. The van der Waals surface area contributed by atoms with Crippen molar-refractivity contribution < 1.29 is 9.53 Å². The monoisotopic (exact) mass is 346 g/mol. The van der Waals surface area contributed by atoms with E-state index in [-0.39, 0.29) is 24.2 Å². The third kappa shape index (κ3) is 4.64. The summed E-state index contributed by atoms with van der Waals surface area (Å²) in [5, 5.41) is 6.03. The maximum Gasteiger partial charge on any atom is 0.315 e. The molecule has 0 bridgehead atoms. The van der Waals surface area contributed by atoms with Crippen LogP contribution in [0.25, 0.3) is 0 Å². The summed E-state index contributed by atoms with van der Waals surface area (Å²) in [5.41, 5.74) is 2.37. The molecule has 1 aromatic rings. The molecule has 0 spiro atoms. The number of hydrogen-bond donors (Lipinski definition) is 2. The van der Waals surface area contributed by atoms with Gasteiger partial charge in [0.1, 0.15) is 0 Å². The van der Waals surface area contributed by atoms with Crippen LogP contribution < -0.4 is 15.5 Å². The maximum absolute atomic E-state index is 12.2. The van der Waals surface area contributed by atoms with Gasteiger partial charge in [-0.15, -0.1) is 0 Å². The topological polar surface area (TPSA) is 56.8 Å². The fraction of sp³-hybridized carbons (Fsp3) is 0.632. The van der Waals surface area contributed by atoms with Crippen molar-refractivity contribution in [3.63, 3.8) is 0 Å². The number of anilines is 1. The second-order valence-corrected chi connectivity index (χ2v) is 7.19. The van der Waals surface area contributed by atoms with E-state index in [0.717, 1.165) is 44.8 Å². The van der Waals surface area contributed by atoms with Crippen LogP contribution in [0.5, 0.6) is 0 Å². The highest BCUT2D eigenvalue weighted by molar-refractivity contribution is 5.74. The normalized spacial score (nSPS) is 25.6. The fourth-order valence-corrected chi connectivity index (χ4v) is 3.45. The van der Waals surface area contributed by atoms with Crippen molar-refractivity contribution in [3.05, 3.63) is 29.8 Å². The third-order valence-electron chi connectivity index (χ3n) is 5.30. The van der Waals surface area contributed by atoms with Crippen LogP contribution in [0.3, 0.4) is 0 Å². The minimum Gasteiger partial charge on any atom is -0.376 e. The van der Waals surface area contributed by atoms with Gasteiger partial charge in [0.15, 0.2) is 0 Å². The van der Waals surface area contributed by atoms with E-state index in [2.05, 4.69) is 51.7 Å². The molecule has 3 rings (SSSR count). The first-order valence-corrected chi connectivity index (χ1v) is 9.25. The van der Waals surface area contributed by atoms with Gasteiger partial charge in [-0.3, -0.25) is 0 Å². The number of benzene rings is 1. The number of carbonyl (C=O) groups excluding carboxylic acids is 1. The summed E-state index contributed by atoms with van der Waals surface area (Å²) >= 11 is 0. The minimum atomic E-state index is -0.127. The average molecular weight is 346 g/mol. The van der Waals surface area contributed by atoms with Crippen LogP contribution in [-0.4, -0.2) is 62.9 Å². The number of nitrogens with one attached hydrogen (secondary N) is 2. The van der Waals surface area contributed by atoms with Gasteiger partial charge in [0.05, 0.1) is 18.2 Å². The molecule has 6 heteroatoms. The Labute approximate surface area is 150 Å². The number of likely N-dealkylation sites (N-methyl/N-ethyl adjacent to an activating group) is 1. The van der Waals surface area contributed by atoms with Gasteiger partial charge in [-0.2, -0.15) is 0 Å². The zero-order valence-corrected chi connectivity index (χ0v) is 15.5. The molecule has 0 aromatic heterocycles. The molecule has 0 unspecified atom stereocenters. The lowest BCUT2D eigenvalue weighted by Gasteiger charge is -2.34. The van der Waals surface area contributed by atoms with Crippen LogP contribution in [-0.2, 0) is 4.74 Å². The minimum absolute atomic E-state index is 0.0285. The van der Waals surface area contributed by atoms with Crippen LogP contribution in [0.1, 0.15) is 31.9 Å². The van der Waals surface area contributed by atoms with Crippen molar-refractivity contribution in [1.29, 1.82) is 0 Å². The Bertz CT molecular complexity index is 569. The number of amides is 2. The van der Waals surface area contributed by atoms with Crippen molar-refractivity contribution in [2.75, 3.05) is 44.7 Å². The molecule has 3 atom stereocenters. The van der Waals surface area contributed by atoms with E-state index in [4.69, 9.17) is 4.74 Å². The van der Waals surface area contributed by atoms with Crippen molar-refractivity contribution >= 4 is 11.7 Å². The Morgan fingerprint density at radius 3 is 2.48 bits per heavy atom. The molecule has 25 heavy (non-hydrogen) atoms. The molecule has 0 radical (unpaired) electrons.